The third kappa shape index (κ3) is 3.46. The van der Waals surface area contributed by atoms with Gasteiger partial charge < -0.3 is 5.21 Å². The van der Waals surface area contributed by atoms with E-state index in [-0.39, 0.29) is 0 Å². The fourth-order valence-electron chi connectivity index (χ4n) is 1.82. The predicted molar refractivity (Wildman–Crippen MR) is 79.9 cm³/mol. The first-order valence-electron chi connectivity index (χ1n) is 5.91. The van der Waals surface area contributed by atoms with E-state index in [1.54, 1.807) is 12.1 Å². The van der Waals surface area contributed by atoms with Crippen LogP contribution in [0.3, 0.4) is 0 Å². The van der Waals surface area contributed by atoms with Gasteiger partial charge in [-0.2, -0.15) is 0 Å². The third-order valence-electron chi connectivity index (χ3n) is 2.86. The fourth-order valence-corrected chi connectivity index (χ4v) is 1.94. The van der Waals surface area contributed by atoms with Crippen LogP contribution in [0, 0.1) is 0 Å². The number of rotatable bonds is 4. The summed E-state index contributed by atoms with van der Waals surface area (Å²) in [5.74, 6) is 0. The molecule has 0 unspecified atom stereocenters. The van der Waals surface area contributed by atoms with Crippen molar-refractivity contribution in [1.29, 1.82) is 0 Å². The van der Waals surface area contributed by atoms with E-state index in [2.05, 4.69) is 11.7 Å². The summed E-state index contributed by atoms with van der Waals surface area (Å²) < 4.78 is 0. The molecule has 0 saturated carbocycles. The maximum absolute atomic E-state index is 9.16. The van der Waals surface area contributed by atoms with Crippen molar-refractivity contribution in [3.05, 3.63) is 77.3 Å². The van der Waals surface area contributed by atoms with Crippen LogP contribution >= 0.6 is 11.6 Å². The molecular formula is C16H14ClNO. The second-order valence-corrected chi connectivity index (χ2v) is 4.64. The van der Waals surface area contributed by atoms with Crippen molar-refractivity contribution in [2.45, 2.75) is 6.42 Å². The molecule has 0 bridgehead atoms. The SMILES string of the molecule is C=C(CC(=NO)c1ccc(Cl)cc1)c1ccccc1. The maximum atomic E-state index is 9.16. The van der Waals surface area contributed by atoms with Gasteiger partial charge in [0.1, 0.15) is 0 Å². The van der Waals surface area contributed by atoms with E-state index in [1.807, 2.05) is 42.5 Å². The van der Waals surface area contributed by atoms with Crippen molar-refractivity contribution in [2.75, 3.05) is 0 Å². The number of benzene rings is 2. The lowest BCUT2D eigenvalue weighted by atomic mass is 9.98. The van der Waals surface area contributed by atoms with E-state index >= 15 is 0 Å². The van der Waals surface area contributed by atoms with Crippen LogP contribution in [0.2, 0.25) is 5.02 Å². The molecule has 2 rings (SSSR count). The summed E-state index contributed by atoms with van der Waals surface area (Å²) >= 11 is 5.84. The number of allylic oxidation sites excluding steroid dienone is 1. The van der Waals surface area contributed by atoms with Crippen LogP contribution in [0.25, 0.3) is 5.57 Å². The molecule has 1 N–H and O–H groups in total. The molecule has 0 spiro atoms. The van der Waals surface area contributed by atoms with Crippen molar-refractivity contribution in [3.8, 4) is 0 Å². The number of hydrogen-bond acceptors (Lipinski definition) is 2. The first-order valence-corrected chi connectivity index (χ1v) is 6.28. The van der Waals surface area contributed by atoms with Gasteiger partial charge in [0.2, 0.25) is 0 Å². The number of nitrogens with zero attached hydrogens (tertiary/aromatic N) is 1. The Morgan fingerprint density at radius 1 is 1.00 bits per heavy atom. The Labute approximate surface area is 117 Å². The Kier molecular flexibility index (Phi) is 4.37. The second-order valence-electron chi connectivity index (χ2n) is 4.20. The Morgan fingerprint density at radius 2 is 1.63 bits per heavy atom. The van der Waals surface area contributed by atoms with Crippen molar-refractivity contribution < 1.29 is 5.21 Å². The number of halogens is 1. The minimum atomic E-state index is 0.488. The van der Waals surface area contributed by atoms with Crippen LogP contribution in [-0.4, -0.2) is 10.9 Å². The highest BCUT2D eigenvalue weighted by Gasteiger charge is 2.08. The first kappa shape index (κ1) is 13.4. The maximum Gasteiger partial charge on any atom is 0.0911 e. The predicted octanol–water partition coefficient (Wildman–Crippen LogP) is 4.62. The molecule has 0 atom stereocenters. The largest absolute Gasteiger partial charge is 0.411 e. The smallest absolute Gasteiger partial charge is 0.0911 e. The first-order chi connectivity index (χ1) is 9.20. The second kappa shape index (κ2) is 6.21. The van der Waals surface area contributed by atoms with E-state index in [1.165, 1.54) is 0 Å². The topological polar surface area (TPSA) is 32.6 Å². The van der Waals surface area contributed by atoms with E-state index < -0.39 is 0 Å². The lowest BCUT2D eigenvalue weighted by Gasteiger charge is -2.08. The molecule has 2 nitrogen and oxygen atoms in total. The normalized spacial score (nSPS) is 11.3. The van der Waals surface area contributed by atoms with Crippen LogP contribution in [-0.2, 0) is 0 Å². The van der Waals surface area contributed by atoms with Crippen molar-refractivity contribution in [1.82, 2.24) is 0 Å². The van der Waals surface area contributed by atoms with Gasteiger partial charge in [-0.1, -0.05) is 65.8 Å². The molecule has 0 aromatic heterocycles. The van der Waals surface area contributed by atoms with Gasteiger partial charge in [-0.05, 0) is 28.8 Å². The Hall–Kier alpha value is -2.06. The minimum Gasteiger partial charge on any atom is -0.411 e. The molecule has 0 aliphatic rings. The van der Waals surface area contributed by atoms with Gasteiger partial charge in [0.25, 0.3) is 0 Å². The highest BCUT2D eigenvalue weighted by molar-refractivity contribution is 6.30. The standard InChI is InChI=1S/C16H14ClNO/c1-12(13-5-3-2-4-6-13)11-16(18-19)14-7-9-15(17)10-8-14/h2-10,19H,1,11H2. The summed E-state index contributed by atoms with van der Waals surface area (Å²) in [5, 5.41) is 13.2. The zero-order chi connectivity index (χ0) is 13.7. The molecule has 0 heterocycles. The molecule has 19 heavy (non-hydrogen) atoms. The summed E-state index contributed by atoms with van der Waals surface area (Å²) in [6.07, 6.45) is 0.488. The van der Waals surface area contributed by atoms with Gasteiger partial charge in [-0.25, -0.2) is 0 Å². The van der Waals surface area contributed by atoms with E-state index in [9.17, 15) is 0 Å². The molecule has 2 aromatic rings. The van der Waals surface area contributed by atoms with Gasteiger partial charge >= 0.3 is 0 Å². The highest BCUT2D eigenvalue weighted by Crippen LogP contribution is 2.20. The summed E-state index contributed by atoms with van der Waals surface area (Å²) in [6, 6.07) is 17.0. The number of oxime groups is 1. The molecule has 0 aliphatic carbocycles. The molecule has 2 aromatic carbocycles. The summed E-state index contributed by atoms with van der Waals surface area (Å²) in [7, 11) is 0. The monoisotopic (exact) mass is 271 g/mol. The summed E-state index contributed by atoms with van der Waals surface area (Å²) in [5.41, 5.74) is 3.36. The fraction of sp³-hybridized carbons (Fsp3) is 0.0625. The van der Waals surface area contributed by atoms with Crippen molar-refractivity contribution in [2.24, 2.45) is 5.16 Å². The van der Waals surface area contributed by atoms with Crippen LogP contribution < -0.4 is 0 Å². The third-order valence-corrected chi connectivity index (χ3v) is 3.11. The summed E-state index contributed by atoms with van der Waals surface area (Å²) in [6.45, 7) is 4.04. The number of hydrogen-bond donors (Lipinski definition) is 1. The van der Waals surface area contributed by atoms with Gasteiger partial charge in [-0.3, -0.25) is 0 Å². The van der Waals surface area contributed by atoms with E-state index in [4.69, 9.17) is 16.8 Å². The molecule has 0 amide bonds. The van der Waals surface area contributed by atoms with Crippen LogP contribution in [0.4, 0.5) is 0 Å². The van der Waals surface area contributed by atoms with Crippen molar-refractivity contribution in [3.63, 3.8) is 0 Å². The summed E-state index contributed by atoms with van der Waals surface area (Å²) in [4.78, 5) is 0. The Balaban J connectivity index is 2.17. The van der Waals surface area contributed by atoms with Crippen LogP contribution in [0.1, 0.15) is 17.5 Å². The molecule has 0 radical (unpaired) electrons. The Bertz CT molecular complexity index is 588. The van der Waals surface area contributed by atoms with Gasteiger partial charge in [0, 0.05) is 11.4 Å². The van der Waals surface area contributed by atoms with Gasteiger partial charge in [0.05, 0.1) is 5.71 Å². The van der Waals surface area contributed by atoms with Crippen LogP contribution in [0.15, 0.2) is 66.3 Å². The molecule has 3 heteroatoms. The molecule has 0 saturated heterocycles. The average Bonchev–Trinajstić information content (AvgIpc) is 2.46. The minimum absolute atomic E-state index is 0.488. The average molecular weight is 272 g/mol. The molecule has 96 valence electrons. The Morgan fingerprint density at radius 3 is 2.21 bits per heavy atom. The zero-order valence-corrected chi connectivity index (χ0v) is 11.1. The highest BCUT2D eigenvalue weighted by atomic mass is 35.5. The lowest BCUT2D eigenvalue weighted by Crippen LogP contribution is -2.02. The molecular weight excluding hydrogens is 258 g/mol. The molecule has 0 aliphatic heterocycles. The molecule has 0 fully saturated rings. The van der Waals surface area contributed by atoms with E-state index in [0.29, 0.717) is 17.2 Å². The van der Waals surface area contributed by atoms with Crippen LogP contribution in [0.5, 0.6) is 0 Å². The van der Waals surface area contributed by atoms with Crippen molar-refractivity contribution >= 4 is 22.9 Å². The zero-order valence-electron chi connectivity index (χ0n) is 10.4. The van der Waals surface area contributed by atoms with Gasteiger partial charge in [-0.15, -0.1) is 0 Å². The quantitative estimate of drug-likeness (QED) is 0.491. The van der Waals surface area contributed by atoms with Gasteiger partial charge in [0.15, 0.2) is 0 Å². The van der Waals surface area contributed by atoms with E-state index in [0.717, 1.165) is 16.7 Å². The lowest BCUT2D eigenvalue weighted by molar-refractivity contribution is 0.318.